The molecule has 0 radical (unpaired) electrons. The number of likely N-dealkylation sites (N-methyl/N-ethyl adjacent to an activating group) is 1. The highest BCUT2D eigenvalue weighted by Gasteiger charge is 2.22. The first-order chi connectivity index (χ1) is 11.6. The number of carbonyl (C=O) groups excluding carboxylic acids is 1. The van der Waals surface area contributed by atoms with Gasteiger partial charge >= 0.3 is 0 Å². The van der Waals surface area contributed by atoms with Crippen molar-refractivity contribution < 1.29 is 9.69 Å². The lowest BCUT2D eigenvalue weighted by Crippen LogP contribution is -3.12. The molecule has 0 aliphatic carbocycles. The fraction of sp³-hybridized carbons (Fsp3) is 0.190. The predicted octanol–water partition coefficient (Wildman–Crippen LogP) is 2.88. The number of carbonyl (C=O) groups is 1. The van der Waals surface area contributed by atoms with E-state index in [9.17, 15) is 4.79 Å². The van der Waals surface area contributed by atoms with Gasteiger partial charge in [0.15, 0.2) is 6.04 Å². The molecular formula is C21H23N2O+. The van der Waals surface area contributed by atoms with Crippen LogP contribution in [0.25, 0.3) is 10.8 Å². The molecule has 2 atom stereocenters. The van der Waals surface area contributed by atoms with Crippen molar-refractivity contribution in [3.63, 3.8) is 0 Å². The Morgan fingerprint density at radius 2 is 1.62 bits per heavy atom. The average molecular weight is 319 g/mol. The van der Waals surface area contributed by atoms with Crippen molar-refractivity contribution in [2.45, 2.75) is 19.5 Å². The van der Waals surface area contributed by atoms with E-state index in [4.69, 9.17) is 0 Å². The topological polar surface area (TPSA) is 33.5 Å². The van der Waals surface area contributed by atoms with Gasteiger partial charge in [-0.2, -0.15) is 0 Å². The van der Waals surface area contributed by atoms with Gasteiger partial charge < -0.3 is 10.2 Å². The number of quaternary nitrogens is 1. The summed E-state index contributed by atoms with van der Waals surface area (Å²) in [4.78, 5) is 13.7. The number of nitrogens with one attached hydrogen (secondary N) is 2. The second-order valence-electron chi connectivity index (χ2n) is 6.28. The zero-order chi connectivity index (χ0) is 16.9. The molecule has 3 heteroatoms. The highest BCUT2D eigenvalue weighted by atomic mass is 16.2. The Morgan fingerprint density at radius 3 is 2.38 bits per heavy atom. The molecule has 1 unspecified atom stereocenters. The van der Waals surface area contributed by atoms with Crippen LogP contribution in [0.1, 0.15) is 12.5 Å². The van der Waals surface area contributed by atoms with Crippen molar-refractivity contribution in [1.29, 1.82) is 0 Å². The van der Waals surface area contributed by atoms with Gasteiger partial charge in [-0.25, -0.2) is 0 Å². The molecule has 122 valence electrons. The van der Waals surface area contributed by atoms with Crippen molar-refractivity contribution in [2.24, 2.45) is 0 Å². The van der Waals surface area contributed by atoms with E-state index in [0.717, 1.165) is 17.6 Å². The SMILES string of the molecule is C[C@H](C(=O)Nc1ccc2ccccc2c1)[NH+](C)Cc1ccccc1. The quantitative estimate of drug-likeness (QED) is 0.745. The van der Waals surface area contributed by atoms with Crippen LogP contribution in [0, 0.1) is 0 Å². The van der Waals surface area contributed by atoms with E-state index >= 15 is 0 Å². The molecule has 2 N–H and O–H groups in total. The number of amides is 1. The van der Waals surface area contributed by atoms with Crippen molar-refractivity contribution in [1.82, 2.24) is 0 Å². The summed E-state index contributed by atoms with van der Waals surface area (Å²) in [5.41, 5.74) is 2.08. The Bertz CT molecular complexity index is 829. The minimum absolute atomic E-state index is 0.0405. The number of hydrogen-bond acceptors (Lipinski definition) is 1. The lowest BCUT2D eigenvalue weighted by atomic mass is 10.1. The van der Waals surface area contributed by atoms with Crippen LogP contribution in [-0.2, 0) is 11.3 Å². The van der Waals surface area contributed by atoms with Crippen LogP contribution in [0.15, 0.2) is 72.8 Å². The second kappa shape index (κ2) is 7.28. The van der Waals surface area contributed by atoms with Gasteiger partial charge in [0.1, 0.15) is 6.54 Å². The molecule has 0 spiro atoms. The molecule has 1 amide bonds. The van der Waals surface area contributed by atoms with Crippen LogP contribution in [0.5, 0.6) is 0 Å². The van der Waals surface area contributed by atoms with Crippen LogP contribution >= 0.6 is 0 Å². The van der Waals surface area contributed by atoms with Crippen molar-refractivity contribution in [2.75, 3.05) is 12.4 Å². The van der Waals surface area contributed by atoms with E-state index in [1.54, 1.807) is 0 Å². The summed E-state index contributed by atoms with van der Waals surface area (Å²) >= 11 is 0. The minimum atomic E-state index is -0.128. The standard InChI is InChI=1S/C21H22N2O/c1-16(23(2)15-17-8-4-3-5-9-17)21(24)22-20-13-12-18-10-6-7-11-19(18)14-20/h3-14,16H,15H2,1-2H3,(H,22,24)/p+1/t16-/m1/s1. The Hall–Kier alpha value is -2.65. The van der Waals surface area contributed by atoms with Gasteiger partial charge in [0.2, 0.25) is 0 Å². The Kier molecular flexibility index (Phi) is 4.92. The average Bonchev–Trinajstić information content (AvgIpc) is 2.61. The molecule has 24 heavy (non-hydrogen) atoms. The number of hydrogen-bond donors (Lipinski definition) is 2. The normalized spacial score (nSPS) is 13.4. The minimum Gasteiger partial charge on any atom is -0.324 e. The summed E-state index contributed by atoms with van der Waals surface area (Å²) in [7, 11) is 2.05. The van der Waals surface area contributed by atoms with Crippen LogP contribution < -0.4 is 10.2 Å². The molecule has 0 saturated carbocycles. The molecule has 0 fully saturated rings. The van der Waals surface area contributed by atoms with Gasteiger partial charge in [-0.3, -0.25) is 4.79 Å². The van der Waals surface area contributed by atoms with Gasteiger partial charge in [0.25, 0.3) is 5.91 Å². The maximum Gasteiger partial charge on any atom is 0.282 e. The van der Waals surface area contributed by atoms with E-state index in [1.807, 2.05) is 55.5 Å². The van der Waals surface area contributed by atoms with Crippen LogP contribution in [0.4, 0.5) is 5.69 Å². The Balaban J connectivity index is 1.66. The fourth-order valence-electron chi connectivity index (χ4n) is 2.81. The maximum absolute atomic E-state index is 12.5. The molecule has 3 aromatic carbocycles. The van der Waals surface area contributed by atoms with Gasteiger partial charge in [-0.15, -0.1) is 0 Å². The van der Waals surface area contributed by atoms with E-state index in [1.165, 1.54) is 15.8 Å². The monoisotopic (exact) mass is 319 g/mol. The van der Waals surface area contributed by atoms with Crippen LogP contribution in [-0.4, -0.2) is 19.0 Å². The van der Waals surface area contributed by atoms with E-state index in [0.29, 0.717) is 0 Å². The maximum atomic E-state index is 12.5. The first-order valence-corrected chi connectivity index (χ1v) is 8.29. The molecule has 0 aliphatic heterocycles. The molecule has 3 nitrogen and oxygen atoms in total. The first-order valence-electron chi connectivity index (χ1n) is 8.29. The smallest absolute Gasteiger partial charge is 0.282 e. The lowest BCUT2D eigenvalue weighted by molar-refractivity contribution is -0.907. The molecule has 3 rings (SSSR count). The van der Waals surface area contributed by atoms with E-state index in [-0.39, 0.29) is 11.9 Å². The third-order valence-electron chi connectivity index (χ3n) is 4.48. The zero-order valence-corrected chi connectivity index (χ0v) is 14.1. The Labute approximate surface area is 142 Å². The first kappa shape index (κ1) is 16.2. The van der Waals surface area contributed by atoms with E-state index in [2.05, 4.69) is 36.6 Å². The highest BCUT2D eigenvalue weighted by Crippen LogP contribution is 2.18. The number of anilines is 1. The zero-order valence-electron chi connectivity index (χ0n) is 14.1. The number of rotatable bonds is 5. The highest BCUT2D eigenvalue weighted by molar-refractivity contribution is 5.96. The molecule has 0 bridgehead atoms. The van der Waals surface area contributed by atoms with Crippen LogP contribution in [0.2, 0.25) is 0 Å². The van der Waals surface area contributed by atoms with Crippen molar-refractivity contribution in [3.8, 4) is 0 Å². The summed E-state index contributed by atoms with van der Waals surface area (Å²) in [6, 6.07) is 24.3. The molecule has 0 aliphatic rings. The molecule has 0 heterocycles. The summed E-state index contributed by atoms with van der Waals surface area (Å²) in [6.45, 7) is 2.79. The third kappa shape index (κ3) is 3.81. The van der Waals surface area contributed by atoms with Crippen molar-refractivity contribution >= 4 is 22.4 Å². The Morgan fingerprint density at radius 1 is 0.958 bits per heavy atom. The summed E-state index contributed by atoms with van der Waals surface area (Å²) in [5, 5.41) is 5.35. The predicted molar refractivity (Wildman–Crippen MR) is 99.1 cm³/mol. The largest absolute Gasteiger partial charge is 0.324 e. The van der Waals surface area contributed by atoms with Gasteiger partial charge in [-0.1, -0.05) is 60.7 Å². The van der Waals surface area contributed by atoms with Gasteiger partial charge in [0, 0.05) is 11.3 Å². The summed E-state index contributed by atoms with van der Waals surface area (Å²) in [6.07, 6.45) is 0. The van der Waals surface area contributed by atoms with Crippen LogP contribution in [0.3, 0.4) is 0 Å². The molecule has 0 saturated heterocycles. The van der Waals surface area contributed by atoms with Gasteiger partial charge in [0.05, 0.1) is 7.05 Å². The number of benzene rings is 3. The molecule has 3 aromatic rings. The van der Waals surface area contributed by atoms with E-state index < -0.39 is 0 Å². The summed E-state index contributed by atoms with van der Waals surface area (Å²) in [5.74, 6) is 0.0405. The third-order valence-corrected chi connectivity index (χ3v) is 4.48. The number of fused-ring (bicyclic) bond motifs is 1. The van der Waals surface area contributed by atoms with Gasteiger partial charge in [-0.05, 0) is 29.8 Å². The fourth-order valence-corrected chi connectivity index (χ4v) is 2.81. The second-order valence-corrected chi connectivity index (χ2v) is 6.28. The lowest BCUT2D eigenvalue weighted by Gasteiger charge is -2.21. The molecule has 0 aromatic heterocycles. The molecular weight excluding hydrogens is 296 g/mol. The summed E-state index contributed by atoms with van der Waals surface area (Å²) < 4.78 is 0. The van der Waals surface area contributed by atoms with Crippen molar-refractivity contribution in [3.05, 3.63) is 78.4 Å².